The Morgan fingerprint density at radius 2 is 1.79 bits per heavy atom. The zero-order valence-corrected chi connectivity index (χ0v) is 17.0. The van der Waals surface area contributed by atoms with Gasteiger partial charge in [0.05, 0.1) is 25.8 Å². The molecule has 3 heterocycles. The fourth-order valence-corrected chi connectivity index (χ4v) is 4.83. The molecule has 0 bridgehead atoms. The molecule has 0 spiro atoms. The van der Waals surface area contributed by atoms with Gasteiger partial charge in [0.2, 0.25) is 0 Å². The Morgan fingerprint density at radius 3 is 2.48 bits per heavy atom. The lowest BCUT2D eigenvalue weighted by molar-refractivity contribution is -0.158. The van der Waals surface area contributed by atoms with Gasteiger partial charge in [-0.25, -0.2) is 0 Å². The van der Waals surface area contributed by atoms with Crippen LogP contribution in [0.2, 0.25) is 0 Å². The number of benzene rings is 1. The topological polar surface area (TPSA) is 72.9 Å². The van der Waals surface area contributed by atoms with Gasteiger partial charge in [-0.05, 0) is 48.1 Å². The lowest BCUT2D eigenvalue weighted by atomic mass is 9.90. The second kappa shape index (κ2) is 7.83. The van der Waals surface area contributed by atoms with Crippen LogP contribution in [-0.2, 0) is 25.6 Å². The molecule has 0 aliphatic carbocycles. The number of amides is 1. The highest BCUT2D eigenvalue weighted by atomic mass is 32.1. The molecule has 2 aromatic rings. The first-order chi connectivity index (χ1) is 14.1. The number of hydrogen-bond donors (Lipinski definition) is 0. The number of esters is 2. The van der Waals surface area contributed by atoms with Gasteiger partial charge < -0.3 is 14.4 Å². The molecule has 1 aromatic heterocycles. The predicted octanol–water partition coefficient (Wildman–Crippen LogP) is 3.58. The summed E-state index contributed by atoms with van der Waals surface area (Å²) in [6.45, 7) is 4.14. The number of carbonyl (C=O) groups is 3. The van der Waals surface area contributed by atoms with E-state index in [1.165, 1.54) is 11.3 Å². The summed E-state index contributed by atoms with van der Waals surface area (Å²) in [4.78, 5) is 41.2. The van der Waals surface area contributed by atoms with Gasteiger partial charge in [0.25, 0.3) is 5.91 Å². The SMILES string of the molecule is CCOC(=O)C(C(=O)OCC)C1=CC2c3ccccc3C(=O)N2Cc2sccc21. The first-order valence-corrected chi connectivity index (χ1v) is 10.5. The Bertz CT molecular complexity index is 990. The van der Waals surface area contributed by atoms with Crippen LogP contribution in [-0.4, -0.2) is 36.0 Å². The van der Waals surface area contributed by atoms with E-state index in [9.17, 15) is 14.4 Å². The van der Waals surface area contributed by atoms with E-state index in [1.54, 1.807) is 18.7 Å². The van der Waals surface area contributed by atoms with Crippen LogP contribution in [0.1, 0.15) is 46.3 Å². The minimum absolute atomic E-state index is 0.0498. The molecule has 1 unspecified atom stereocenters. The van der Waals surface area contributed by atoms with Gasteiger partial charge in [0.15, 0.2) is 5.92 Å². The Labute approximate surface area is 172 Å². The minimum atomic E-state index is -1.19. The zero-order chi connectivity index (χ0) is 20.5. The molecule has 1 atom stereocenters. The number of thiophene rings is 1. The monoisotopic (exact) mass is 411 g/mol. The van der Waals surface area contributed by atoms with Crippen molar-refractivity contribution in [2.75, 3.05) is 13.2 Å². The van der Waals surface area contributed by atoms with Crippen LogP contribution >= 0.6 is 11.3 Å². The van der Waals surface area contributed by atoms with Gasteiger partial charge in [-0.1, -0.05) is 24.3 Å². The Kier molecular flexibility index (Phi) is 5.24. The average molecular weight is 411 g/mol. The molecule has 4 rings (SSSR count). The van der Waals surface area contributed by atoms with E-state index in [4.69, 9.17) is 9.47 Å². The minimum Gasteiger partial charge on any atom is -0.465 e. The molecule has 7 heteroatoms. The van der Waals surface area contributed by atoms with Crippen LogP contribution in [0.5, 0.6) is 0 Å². The number of carbonyl (C=O) groups excluding carboxylic acids is 3. The highest BCUT2D eigenvalue weighted by Crippen LogP contribution is 2.44. The van der Waals surface area contributed by atoms with Gasteiger partial charge in [-0.15, -0.1) is 11.3 Å². The molecule has 0 N–H and O–H groups in total. The molecular formula is C22H21NO5S. The first kappa shape index (κ1) is 19.4. The standard InChI is InChI=1S/C22H21NO5S/c1-3-27-21(25)19(22(26)28-4-2)16-11-17-13-7-5-6-8-15(13)20(24)23(17)12-18-14(16)9-10-29-18/h5-11,17,19H,3-4,12H2,1-2H3. The van der Waals surface area contributed by atoms with Crippen molar-refractivity contribution in [2.24, 2.45) is 5.92 Å². The summed E-state index contributed by atoms with van der Waals surface area (Å²) in [6, 6.07) is 8.98. The molecule has 0 fully saturated rings. The van der Waals surface area contributed by atoms with E-state index in [0.717, 1.165) is 16.0 Å². The molecule has 1 aromatic carbocycles. The number of fused-ring (bicyclic) bond motifs is 4. The molecule has 0 saturated carbocycles. The van der Waals surface area contributed by atoms with Crippen LogP contribution in [0.3, 0.4) is 0 Å². The molecule has 6 nitrogen and oxygen atoms in total. The van der Waals surface area contributed by atoms with E-state index in [2.05, 4.69) is 0 Å². The number of ether oxygens (including phenoxy) is 2. The third-order valence-electron chi connectivity index (χ3n) is 5.17. The average Bonchev–Trinajstić information content (AvgIpc) is 3.22. The van der Waals surface area contributed by atoms with Crippen LogP contribution in [0.25, 0.3) is 5.57 Å². The Morgan fingerprint density at radius 1 is 1.10 bits per heavy atom. The van der Waals surface area contributed by atoms with E-state index in [0.29, 0.717) is 17.7 Å². The van der Waals surface area contributed by atoms with Crippen molar-refractivity contribution in [3.05, 3.63) is 63.4 Å². The normalized spacial score (nSPS) is 17.2. The zero-order valence-electron chi connectivity index (χ0n) is 16.2. The van der Waals surface area contributed by atoms with Crippen molar-refractivity contribution < 1.29 is 23.9 Å². The Balaban J connectivity index is 1.88. The van der Waals surface area contributed by atoms with Crippen molar-refractivity contribution in [3.63, 3.8) is 0 Å². The molecule has 2 aliphatic heterocycles. The molecule has 0 radical (unpaired) electrons. The number of rotatable bonds is 5. The van der Waals surface area contributed by atoms with Crippen LogP contribution in [0, 0.1) is 5.92 Å². The van der Waals surface area contributed by atoms with Crippen LogP contribution in [0.15, 0.2) is 41.8 Å². The van der Waals surface area contributed by atoms with Gasteiger partial charge in [-0.3, -0.25) is 14.4 Å². The van der Waals surface area contributed by atoms with Crippen molar-refractivity contribution in [1.82, 2.24) is 4.90 Å². The van der Waals surface area contributed by atoms with Gasteiger partial charge in [0, 0.05) is 10.4 Å². The van der Waals surface area contributed by atoms with E-state index < -0.39 is 17.9 Å². The largest absolute Gasteiger partial charge is 0.465 e. The number of hydrogen-bond acceptors (Lipinski definition) is 6. The maximum Gasteiger partial charge on any atom is 0.324 e. The smallest absolute Gasteiger partial charge is 0.324 e. The summed E-state index contributed by atoms with van der Waals surface area (Å²) in [7, 11) is 0. The fraction of sp³-hybridized carbons (Fsp3) is 0.318. The number of nitrogens with zero attached hydrogens (tertiary/aromatic N) is 1. The highest BCUT2D eigenvalue weighted by molar-refractivity contribution is 7.10. The molecule has 2 aliphatic rings. The quantitative estimate of drug-likeness (QED) is 0.555. The van der Waals surface area contributed by atoms with Gasteiger partial charge in [-0.2, -0.15) is 0 Å². The van der Waals surface area contributed by atoms with Crippen LogP contribution in [0.4, 0.5) is 0 Å². The third-order valence-corrected chi connectivity index (χ3v) is 6.08. The van der Waals surface area contributed by atoms with Crippen LogP contribution < -0.4 is 0 Å². The second-order valence-corrected chi connectivity index (χ2v) is 7.78. The second-order valence-electron chi connectivity index (χ2n) is 6.78. The molecule has 29 heavy (non-hydrogen) atoms. The van der Waals surface area contributed by atoms with E-state index in [1.807, 2.05) is 41.8 Å². The van der Waals surface area contributed by atoms with Gasteiger partial charge >= 0.3 is 11.9 Å². The van der Waals surface area contributed by atoms with Crippen molar-refractivity contribution in [1.29, 1.82) is 0 Å². The fourth-order valence-electron chi connectivity index (χ4n) is 3.94. The summed E-state index contributed by atoms with van der Waals surface area (Å²) >= 11 is 1.50. The van der Waals surface area contributed by atoms with Crippen molar-refractivity contribution in [2.45, 2.75) is 26.4 Å². The third kappa shape index (κ3) is 3.25. The van der Waals surface area contributed by atoms with Crippen molar-refractivity contribution >= 4 is 34.8 Å². The Hall–Kier alpha value is -2.93. The maximum absolute atomic E-state index is 13.0. The lowest BCUT2D eigenvalue weighted by Gasteiger charge is -2.21. The molecule has 150 valence electrons. The first-order valence-electron chi connectivity index (χ1n) is 9.58. The molecule has 0 saturated heterocycles. The summed E-state index contributed by atoms with van der Waals surface area (Å²) in [5, 5.41) is 1.90. The predicted molar refractivity (Wildman–Crippen MR) is 108 cm³/mol. The lowest BCUT2D eigenvalue weighted by Crippen LogP contribution is -2.29. The van der Waals surface area contributed by atoms with Crippen molar-refractivity contribution in [3.8, 4) is 0 Å². The molecular weight excluding hydrogens is 390 g/mol. The summed E-state index contributed by atoms with van der Waals surface area (Å²) in [5.74, 6) is -2.52. The highest BCUT2D eigenvalue weighted by Gasteiger charge is 2.42. The summed E-state index contributed by atoms with van der Waals surface area (Å²) in [5.41, 5.74) is 2.85. The van der Waals surface area contributed by atoms with E-state index in [-0.39, 0.29) is 25.2 Å². The van der Waals surface area contributed by atoms with E-state index >= 15 is 0 Å². The molecule has 1 amide bonds. The summed E-state index contributed by atoms with van der Waals surface area (Å²) < 4.78 is 10.4. The summed E-state index contributed by atoms with van der Waals surface area (Å²) in [6.07, 6.45) is 1.85. The van der Waals surface area contributed by atoms with Gasteiger partial charge in [0.1, 0.15) is 0 Å². The maximum atomic E-state index is 13.0.